The van der Waals surface area contributed by atoms with Gasteiger partial charge in [0, 0.05) is 28.2 Å². The lowest BCUT2D eigenvalue weighted by Crippen LogP contribution is -2.17. The van der Waals surface area contributed by atoms with Crippen molar-refractivity contribution >= 4 is 28.1 Å². The fraction of sp³-hybridized carbons (Fsp3) is 0.533. The summed E-state index contributed by atoms with van der Waals surface area (Å²) in [5.74, 6) is 0.564. The fourth-order valence-corrected chi connectivity index (χ4v) is 4.14. The molecule has 4 nitrogen and oxygen atoms in total. The molecule has 110 valence electrons. The first kappa shape index (κ1) is 15.0. The number of carbonyl (C=O) groups is 1. The van der Waals surface area contributed by atoms with E-state index in [4.69, 9.17) is 5.73 Å². The molecule has 1 aromatic rings. The molecule has 2 rings (SSSR count). The second-order valence-corrected chi connectivity index (χ2v) is 7.07. The summed E-state index contributed by atoms with van der Waals surface area (Å²) in [6.45, 7) is 0. The van der Waals surface area contributed by atoms with Crippen LogP contribution >= 0.6 is 0 Å². The molecule has 1 aliphatic carbocycles. The number of hydrogen-bond acceptors (Lipinski definition) is 3. The van der Waals surface area contributed by atoms with E-state index >= 15 is 0 Å². The SMILES string of the molecule is Nc1ccccc1NC(=O)CCCS(=O)C1CCCC1. The van der Waals surface area contributed by atoms with Gasteiger partial charge in [0.1, 0.15) is 0 Å². The molecule has 1 unspecified atom stereocenters. The number of nitrogen functional groups attached to an aromatic ring is 1. The van der Waals surface area contributed by atoms with Crippen molar-refractivity contribution in [1.29, 1.82) is 0 Å². The van der Waals surface area contributed by atoms with Gasteiger partial charge in [-0.05, 0) is 31.4 Å². The summed E-state index contributed by atoms with van der Waals surface area (Å²) in [4.78, 5) is 11.8. The molecule has 1 fully saturated rings. The molecule has 5 heteroatoms. The Hall–Kier alpha value is -1.36. The standard InChI is InChI=1S/C15H22N2O2S/c16-13-8-3-4-9-14(13)17-15(18)10-5-11-20(19)12-6-1-2-7-12/h3-4,8-9,12H,1-2,5-7,10-11,16H2,(H,17,18). The van der Waals surface area contributed by atoms with Crippen molar-refractivity contribution in [2.45, 2.75) is 43.8 Å². The third kappa shape index (κ3) is 4.34. The van der Waals surface area contributed by atoms with Gasteiger partial charge in [0.2, 0.25) is 5.91 Å². The number of rotatable bonds is 6. The second kappa shape index (κ2) is 7.43. The molecule has 1 saturated carbocycles. The van der Waals surface area contributed by atoms with E-state index in [0.717, 1.165) is 12.8 Å². The first-order valence-corrected chi connectivity index (χ1v) is 8.56. The van der Waals surface area contributed by atoms with Crippen LogP contribution in [-0.4, -0.2) is 21.1 Å². The highest BCUT2D eigenvalue weighted by atomic mass is 32.2. The Bertz CT molecular complexity index is 485. The molecule has 0 heterocycles. The summed E-state index contributed by atoms with van der Waals surface area (Å²) >= 11 is 0. The van der Waals surface area contributed by atoms with Gasteiger partial charge in [-0.1, -0.05) is 25.0 Å². The maximum absolute atomic E-state index is 12.0. The predicted molar refractivity (Wildman–Crippen MR) is 84.0 cm³/mol. The highest BCUT2D eigenvalue weighted by molar-refractivity contribution is 7.85. The molecule has 0 spiro atoms. The van der Waals surface area contributed by atoms with Crippen LogP contribution in [0.25, 0.3) is 0 Å². The van der Waals surface area contributed by atoms with E-state index in [0.29, 0.717) is 35.2 Å². The average Bonchev–Trinajstić information content (AvgIpc) is 2.95. The van der Waals surface area contributed by atoms with E-state index < -0.39 is 10.8 Å². The monoisotopic (exact) mass is 294 g/mol. The third-order valence-electron chi connectivity index (χ3n) is 3.66. The summed E-state index contributed by atoms with van der Waals surface area (Å²) in [5, 5.41) is 3.15. The van der Waals surface area contributed by atoms with Crippen molar-refractivity contribution < 1.29 is 9.00 Å². The number of benzene rings is 1. The number of amides is 1. The summed E-state index contributed by atoms with van der Waals surface area (Å²) in [7, 11) is -0.767. The molecule has 1 amide bonds. The molecule has 0 radical (unpaired) electrons. The van der Waals surface area contributed by atoms with E-state index in [2.05, 4.69) is 5.32 Å². The van der Waals surface area contributed by atoms with Crippen LogP contribution in [0.3, 0.4) is 0 Å². The normalized spacial score (nSPS) is 17.0. The molecule has 0 aliphatic heterocycles. The van der Waals surface area contributed by atoms with Gasteiger partial charge in [0.25, 0.3) is 0 Å². The largest absolute Gasteiger partial charge is 0.397 e. The number of anilines is 2. The zero-order chi connectivity index (χ0) is 14.4. The average molecular weight is 294 g/mol. The lowest BCUT2D eigenvalue weighted by atomic mass is 10.2. The predicted octanol–water partition coefficient (Wildman–Crippen LogP) is 2.68. The van der Waals surface area contributed by atoms with Crippen LogP contribution in [-0.2, 0) is 15.6 Å². The number of para-hydroxylation sites is 2. The molecule has 1 aliphatic rings. The van der Waals surface area contributed by atoms with Crippen molar-refractivity contribution in [1.82, 2.24) is 0 Å². The van der Waals surface area contributed by atoms with Gasteiger partial charge in [-0.2, -0.15) is 0 Å². The van der Waals surface area contributed by atoms with Gasteiger partial charge in [0.05, 0.1) is 11.4 Å². The lowest BCUT2D eigenvalue weighted by Gasteiger charge is -2.10. The zero-order valence-electron chi connectivity index (χ0n) is 11.6. The first-order chi connectivity index (χ1) is 9.66. The van der Waals surface area contributed by atoms with Gasteiger partial charge in [-0.3, -0.25) is 9.00 Å². The van der Waals surface area contributed by atoms with Gasteiger partial charge in [-0.15, -0.1) is 0 Å². The topological polar surface area (TPSA) is 72.2 Å². The quantitative estimate of drug-likeness (QED) is 0.792. The van der Waals surface area contributed by atoms with Crippen LogP contribution in [0.2, 0.25) is 0 Å². The Labute approximate surface area is 122 Å². The minimum Gasteiger partial charge on any atom is -0.397 e. The van der Waals surface area contributed by atoms with Crippen molar-refractivity contribution in [3.05, 3.63) is 24.3 Å². The van der Waals surface area contributed by atoms with E-state index in [1.54, 1.807) is 12.1 Å². The van der Waals surface area contributed by atoms with Crippen molar-refractivity contribution in [2.24, 2.45) is 0 Å². The summed E-state index contributed by atoms with van der Waals surface area (Å²) in [6.07, 6.45) is 5.63. The molecule has 3 N–H and O–H groups in total. The van der Waals surface area contributed by atoms with Crippen LogP contribution < -0.4 is 11.1 Å². The smallest absolute Gasteiger partial charge is 0.224 e. The van der Waals surface area contributed by atoms with Crippen molar-refractivity contribution in [3.8, 4) is 0 Å². The number of hydrogen-bond donors (Lipinski definition) is 2. The second-order valence-electron chi connectivity index (χ2n) is 5.23. The molecular weight excluding hydrogens is 272 g/mol. The highest BCUT2D eigenvalue weighted by Crippen LogP contribution is 2.23. The van der Waals surface area contributed by atoms with Gasteiger partial charge in [-0.25, -0.2) is 0 Å². The minimum absolute atomic E-state index is 0.0636. The Kier molecular flexibility index (Phi) is 5.59. The fourth-order valence-electron chi connectivity index (χ4n) is 2.52. The number of nitrogens with one attached hydrogen (secondary N) is 1. The Morgan fingerprint density at radius 2 is 2.00 bits per heavy atom. The molecule has 1 aromatic carbocycles. The van der Waals surface area contributed by atoms with E-state index in [1.807, 2.05) is 12.1 Å². The highest BCUT2D eigenvalue weighted by Gasteiger charge is 2.20. The molecule has 0 aromatic heterocycles. The van der Waals surface area contributed by atoms with Crippen molar-refractivity contribution in [3.63, 3.8) is 0 Å². The molecule has 20 heavy (non-hydrogen) atoms. The Balaban J connectivity index is 1.70. The molecular formula is C15H22N2O2S. The van der Waals surface area contributed by atoms with Crippen LogP contribution in [0.1, 0.15) is 38.5 Å². The summed E-state index contributed by atoms with van der Waals surface area (Å²) in [5.41, 5.74) is 6.98. The number of nitrogens with two attached hydrogens (primary N) is 1. The molecule has 0 saturated heterocycles. The van der Waals surface area contributed by atoms with E-state index in [-0.39, 0.29) is 5.91 Å². The molecule has 1 atom stereocenters. The van der Waals surface area contributed by atoms with Crippen LogP contribution in [0.15, 0.2) is 24.3 Å². The van der Waals surface area contributed by atoms with Gasteiger partial charge in [0.15, 0.2) is 0 Å². The van der Waals surface area contributed by atoms with E-state index in [9.17, 15) is 9.00 Å². The lowest BCUT2D eigenvalue weighted by molar-refractivity contribution is -0.116. The number of carbonyl (C=O) groups excluding carboxylic acids is 1. The maximum atomic E-state index is 12.0. The summed E-state index contributed by atoms with van der Waals surface area (Å²) in [6, 6.07) is 7.20. The first-order valence-electron chi connectivity index (χ1n) is 7.18. The Morgan fingerprint density at radius 1 is 1.30 bits per heavy atom. The third-order valence-corrected chi connectivity index (χ3v) is 5.56. The van der Waals surface area contributed by atoms with Crippen LogP contribution in [0, 0.1) is 0 Å². The van der Waals surface area contributed by atoms with Gasteiger partial charge < -0.3 is 11.1 Å². The minimum atomic E-state index is -0.767. The van der Waals surface area contributed by atoms with Crippen LogP contribution in [0.5, 0.6) is 0 Å². The maximum Gasteiger partial charge on any atom is 0.224 e. The summed E-state index contributed by atoms with van der Waals surface area (Å²) < 4.78 is 12.0. The van der Waals surface area contributed by atoms with Crippen molar-refractivity contribution in [2.75, 3.05) is 16.8 Å². The van der Waals surface area contributed by atoms with Crippen LogP contribution in [0.4, 0.5) is 11.4 Å². The molecule has 0 bridgehead atoms. The zero-order valence-corrected chi connectivity index (χ0v) is 12.5. The Morgan fingerprint density at radius 3 is 2.70 bits per heavy atom. The van der Waals surface area contributed by atoms with E-state index in [1.165, 1.54) is 12.8 Å². The van der Waals surface area contributed by atoms with Gasteiger partial charge >= 0.3 is 0 Å².